The Morgan fingerprint density at radius 3 is 2.70 bits per heavy atom. The number of pyridine rings is 1. The second-order valence-corrected chi connectivity index (χ2v) is 7.75. The Bertz CT molecular complexity index is 1320. The summed E-state index contributed by atoms with van der Waals surface area (Å²) >= 11 is 0. The summed E-state index contributed by atoms with van der Waals surface area (Å²) in [6.07, 6.45) is 3.34. The quantitative estimate of drug-likeness (QED) is 0.498. The molecule has 4 heterocycles. The van der Waals surface area contributed by atoms with E-state index in [-0.39, 0.29) is 30.5 Å². The molecule has 1 fully saturated rings. The molecule has 1 aliphatic heterocycles. The number of amides is 1. The predicted molar refractivity (Wildman–Crippen MR) is 120 cm³/mol. The second kappa shape index (κ2) is 8.91. The first-order chi connectivity index (χ1) is 16.1. The topological polar surface area (TPSA) is 112 Å². The maximum Gasteiger partial charge on any atom is 0.227 e. The van der Waals surface area contributed by atoms with Gasteiger partial charge in [-0.05, 0) is 18.2 Å². The standard InChI is InChI=1S/C23H22FN7O2/c24-18-6-2-1-4-15(18)14-31-23-17(5-3-7-26-23)20(29-31)22-27-13-16(21(25)28-22)12-19(32)30-8-10-33-11-9-30/h1-7,13H,8-12,14H2,(H2,25,27,28). The van der Waals surface area contributed by atoms with Crippen molar-refractivity contribution in [1.82, 2.24) is 29.6 Å². The first-order valence-corrected chi connectivity index (χ1v) is 10.6. The number of nitrogens with zero attached hydrogens (tertiary/aromatic N) is 6. The summed E-state index contributed by atoms with van der Waals surface area (Å²) in [5.74, 6) is 0.196. The van der Waals surface area contributed by atoms with Gasteiger partial charge in [-0.2, -0.15) is 5.10 Å². The van der Waals surface area contributed by atoms with Gasteiger partial charge in [0.05, 0.1) is 31.6 Å². The molecule has 1 aromatic carbocycles. The average molecular weight is 447 g/mol. The summed E-state index contributed by atoms with van der Waals surface area (Å²) in [4.78, 5) is 27.6. The minimum atomic E-state index is -0.312. The number of carbonyl (C=O) groups is 1. The molecule has 33 heavy (non-hydrogen) atoms. The number of hydrogen-bond donors (Lipinski definition) is 1. The number of halogens is 1. The first-order valence-electron chi connectivity index (χ1n) is 10.6. The largest absolute Gasteiger partial charge is 0.383 e. The van der Waals surface area contributed by atoms with Gasteiger partial charge in [0.15, 0.2) is 11.5 Å². The lowest BCUT2D eigenvalue weighted by Crippen LogP contribution is -2.41. The predicted octanol–water partition coefficient (Wildman–Crippen LogP) is 2.06. The molecule has 0 atom stereocenters. The lowest BCUT2D eigenvalue weighted by Gasteiger charge is -2.26. The van der Waals surface area contributed by atoms with Crippen molar-refractivity contribution in [3.05, 3.63) is 65.7 Å². The van der Waals surface area contributed by atoms with Crippen LogP contribution < -0.4 is 5.73 Å². The molecule has 0 unspecified atom stereocenters. The molecule has 1 amide bonds. The normalized spacial score (nSPS) is 14.0. The number of anilines is 1. The Balaban J connectivity index is 1.45. The molecule has 0 saturated carbocycles. The van der Waals surface area contributed by atoms with Gasteiger partial charge in [-0.1, -0.05) is 18.2 Å². The summed E-state index contributed by atoms with van der Waals surface area (Å²) in [5.41, 5.74) is 8.32. The number of carbonyl (C=O) groups excluding carboxylic acids is 1. The van der Waals surface area contributed by atoms with Crippen LogP contribution in [0, 0.1) is 5.82 Å². The van der Waals surface area contributed by atoms with Crippen LogP contribution in [0.1, 0.15) is 11.1 Å². The SMILES string of the molecule is Nc1nc(-c2nn(Cc3ccccc3F)c3ncccc23)ncc1CC(=O)N1CCOCC1. The zero-order chi connectivity index (χ0) is 22.8. The number of benzene rings is 1. The van der Waals surface area contributed by atoms with Crippen molar-refractivity contribution in [3.63, 3.8) is 0 Å². The molecule has 0 aliphatic carbocycles. The molecule has 10 heteroatoms. The summed E-state index contributed by atoms with van der Waals surface area (Å²) < 4.78 is 21.1. The van der Waals surface area contributed by atoms with Crippen molar-refractivity contribution in [2.75, 3.05) is 32.0 Å². The molecular formula is C23H22FN7O2. The first kappa shape index (κ1) is 21.0. The molecule has 4 aromatic rings. The van der Waals surface area contributed by atoms with Crippen LogP contribution in [0.4, 0.5) is 10.2 Å². The van der Waals surface area contributed by atoms with E-state index in [1.165, 1.54) is 6.07 Å². The monoisotopic (exact) mass is 447 g/mol. The van der Waals surface area contributed by atoms with Gasteiger partial charge in [0.2, 0.25) is 5.91 Å². The molecule has 3 aromatic heterocycles. The molecule has 0 spiro atoms. The summed E-state index contributed by atoms with van der Waals surface area (Å²) in [6.45, 7) is 2.41. The summed E-state index contributed by atoms with van der Waals surface area (Å²) in [6, 6.07) is 10.2. The van der Waals surface area contributed by atoms with E-state index in [4.69, 9.17) is 10.5 Å². The fraction of sp³-hybridized carbons (Fsp3) is 0.261. The third-order valence-electron chi connectivity index (χ3n) is 5.60. The molecule has 2 N–H and O–H groups in total. The second-order valence-electron chi connectivity index (χ2n) is 7.75. The van der Waals surface area contributed by atoms with Crippen molar-refractivity contribution < 1.29 is 13.9 Å². The van der Waals surface area contributed by atoms with Gasteiger partial charge < -0.3 is 15.4 Å². The molecule has 1 aliphatic rings. The molecule has 168 valence electrons. The van der Waals surface area contributed by atoms with E-state index in [9.17, 15) is 9.18 Å². The Morgan fingerprint density at radius 1 is 1.09 bits per heavy atom. The van der Waals surface area contributed by atoms with Crippen LogP contribution in [0.3, 0.4) is 0 Å². The van der Waals surface area contributed by atoms with Crippen LogP contribution >= 0.6 is 0 Å². The van der Waals surface area contributed by atoms with Gasteiger partial charge in [-0.15, -0.1) is 0 Å². The van der Waals surface area contributed by atoms with E-state index in [0.29, 0.717) is 54.6 Å². The minimum Gasteiger partial charge on any atom is -0.383 e. The average Bonchev–Trinajstić information content (AvgIpc) is 3.21. The van der Waals surface area contributed by atoms with E-state index >= 15 is 0 Å². The number of morpholine rings is 1. The molecule has 1 saturated heterocycles. The maximum atomic E-state index is 14.2. The van der Waals surface area contributed by atoms with E-state index in [1.54, 1.807) is 46.2 Å². The lowest BCUT2D eigenvalue weighted by atomic mass is 10.2. The van der Waals surface area contributed by atoms with Crippen LogP contribution in [0.15, 0.2) is 48.8 Å². The van der Waals surface area contributed by atoms with Crippen molar-refractivity contribution in [1.29, 1.82) is 0 Å². The minimum absolute atomic E-state index is 0.0369. The van der Waals surface area contributed by atoms with Gasteiger partial charge in [0, 0.05) is 36.6 Å². The highest BCUT2D eigenvalue weighted by molar-refractivity contribution is 5.89. The molecule has 0 bridgehead atoms. The van der Waals surface area contributed by atoms with Crippen LogP contribution in [-0.4, -0.2) is 61.8 Å². The van der Waals surface area contributed by atoms with Gasteiger partial charge in [-0.25, -0.2) is 24.0 Å². The number of aromatic nitrogens is 5. The van der Waals surface area contributed by atoms with Crippen LogP contribution in [0.5, 0.6) is 0 Å². The zero-order valence-corrected chi connectivity index (χ0v) is 17.8. The third-order valence-corrected chi connectivity index (χ3v) is 5.60. The maximum absolute atomic E-state index is 14.2. The summed E-state index contributed by atoms with van der Waals surface area (Å²) in [7, 11) is 0. The number of hydrogen-bond acceptors (Lipinski definition) is 7. The van der Waals surface area contributed by atoms with Crippen molar-refractivity contribution >= 4 is 22.8 Å². The van der Waals surface area contributed by atoms with Crippen molar-refractivity contribution in [2.24, 2.45) is 0 Å². The number of fused-ring (bicyclic) bond motifs is 1. The number of nitrogen functional groups attached to an aromatic ring is 1. The molecule has 9 nitrogen and oxygen atoms in total. The highest BCUT2D eigenvalue weighted by atomic mass is 19.1. The third kappa shape index (κ3) is 4.24. The highest BCUT2D eigenvalue weighted by Gasteiger charge is 2.21. The highest BCUT2D eigenvalue weighted by Crippen LogP contribution is 2.26. The Hall–Kier alpha value is -3.92. The van der Waals surface area contributed by atoms with Gasteiger partial charge in [-0.3, -0.25) is 4.79 Å². The van der Waals surface area contributed by atoms with Gasteiger partial charge in [0.25, 0.3) is 0 Å². The Kier molecular flexibility index (Phi) is 5.66. The van der Waals surface area contributed by atoms with E-state index in [1.807, 2.05) is 6.07 Å². The number of rotatable bonds is 5. The van der Waals surface area contributed by atoms with Gasteiger partial charge >= 0.3 is 0 Å². The Morgan fingerprint density at radius 2 is 1.91 bits per heavy atom. The van der Waals surface area contributed by atoms with Crippen LogP contribution in [0.2, 0.25) is 0 Å². The van der Waals surface area contributed by atoms with Crippen molar-refractivity contribution in [3.8, 4) is 11.5 Å². The molecule has 5 rings (SSSR count). The van der Waals surface area contributed by atoms with E-state index in [0.717, 1.165) is 5.39 Å². The van der Waals surface area contributed by atoms with Gasteiger partial charge in [0.1, 0.15) is 17.3 Å². The smallest absolute Gasteiger partial charge is 0.227 e. The molecular weight excluding hydrogens is 425 g/mol. The van der Waals surface area contributed by atoms with E-state index in [2.05, 4.69) is 20.1 Å². The zero-order valence-electron chi connectivity index (χ0n) is 17.8. The fourth-order valence-corrected chi connectivity index (χ4v) is 3.83. The van der Waals surface area contributed by atoms with Crippen LogP contribution in [-0.2, 0) is 22.5 Å². The van der Waals surface area contributed by atoms with E-state index < -0.39 is 0 Å². The number of nitrogens with two attached hydrogens (primary N) is 1. The lowest BCUT2D eigenvalue weighted by molar-refractivity contribution is -0.134. The number of ether oxygens (including phenoxy) is 1. The van der Waals surface area contributed by atoms with Crippen molar-refractivity contribution in [2.45, 2.75) is 13.0 Å². The fourth-order valence-electron chi connectivity index (χ4n) is 3.83. The Labute approximate surface area is 189 Å². The van der Waals surface area contributed by atoms with Crippen LogP contribution in [0.25, 0.3) is 22.6 Å². The summed E-state index contributed by atoms with van der Waals surface area (Å²) in [5, 5.41) is 5.35. The molecule has 0 radical (unpaired) electrons.